The van der Waals surface area contributed by atoms with Gasteiger partial charge in [0.2, 0.25) is 21.8 Å². The minimum atomic E-state index is -5.08. The van der Waals surface area contributed by atoms with Gasteiger partial charge in [-0.25, -0.2) is 13.2 Å². The SMILES string of the molecule is Cc1c(N2CCCC2=O)cccc1S(=O)(=O)NC(Cc1cc(-c2ccc(Cl)s2)on1)C(=O)N1CCN(CC(F)(F)F)CC1.O=C(O)C(F)(F)F. The largest absolute Gasteiger partial charge is 0.490 e. The Morgan fingerprint density at radius 2 is 1.74 bits per heavy atom. The first-order valence-corrected chi connectivity index (χ1v) is 17.4. The number of anilines is 1. The summed E-state index contributed by atoms with van der Waals surface area (Å²) in [6, 6.07) is 8.29. The second-order valence-electron chi connectivity index (χ2n) is 11.2. The van der Waals surface area contributed by atoms with Crippen molar-refractivity contribution in [2.45, 2.75) is 49.5 Å². The third-order valence-corrected chi connectivity index (χ3v) is 10.5. The van der Waals surface area contributed by atoms with Gasteiger partial charge >= 0.3 is 18.3 Å². The molecule has 0 saturated carbocycles. The zero-order chi connectivity index (χ0) is 37.0. The highest BCUT2D eigenvalue weighted by atomic mass is 35.5. The number of carbonyl (C=O) groups is 3. The lowest BCUT2D eigenvalue weighted by Gasteiger charge is -2.36. The second kappa shape index (κ2) is 15.7. The summed E-state index contributed by atoms with van der Waals surface area (Å²) >= 11 is 7.28. The molecule has 2 amide bonds. The molecule has 0 radical (unpaired) electrons. The molecule has 0 spiro atoms. The van der Waals surface area contributed by atoms with Crippen molar-refractivity contribution in [3.05, 3.63) is 52.0 Å². The monoisotopic (exact) mass is 773 g/mol. The van der Waals surface area contributed by atoms with Crippen LogP contribution < -0.4 is 9.62 Å². The van der Waals surface area contributed by atoms with Crippen LogP contribution in [0, 0.1) is 6.92 Å². The average molecular weight is 774 g/mol. The third-order valence-electron chi connectivity index (χ3n) is 7.62. The molecule has 2 aliphatic rings. The number of alkyl halides is 6. The molecule has 21 heteroatoms. The van der Waals surface area contributed by atoms with E-state index in [0.29, 0.717) is 51.3 Å². The highest BCUT2D eigenvalue weighted by Gasteiger charge is 2.38. The van der Waals surface area contributed by atoms with E-state index < -0.39 is 46.8 Å². The van der Waals surface area contributed by atoms with Crippen LogP contribution >= 0.6 is 22.9 Å². The number of rotatable bonds is 9. The van der Waals surface area contributed by atoms with Crippen LogP contribution in [0.4, 0.5) is 32.0 Å². The van der Waals surface area contributed by atoms with E-state index in [-0.39, 0.29) is 43.4 Å². The molecule has 1 aromatic carbocycles. The normalized spacial score (nSPS) is 16.7. The molecule has 274 valence electrons. The van der Waals surface area contributed by atoms with Gasteiger partial charge in [0, 0.05) is 57.3 Å². The van der Waals surface area contributed by atoms with Crippen LogP contribution in [0.25, 0.3) is 10.6 Å². The standard InChI is InChI=1S/C27H29ClF3N5O5S2.C2HF3O2/c1-17-20(36-9-3-6-25(36)37)4-2-5-23(17)43(39,40)33-19(14-18-15-21(41-32-18)22-7-8-24(28)42-22)26(38)35-12-10-34(11-13-35)16-27(29,30)31;3-2(4,5)1(6)7/h2,4-5,7-8,15,19,33H,3,6,9-14,16H2,1H3;(H,6,7). The number of piperazine rings is 1. The number of nitrogens with one attached hydrogen (secondary N) is 1. The summed E-state index contributed by atoms with van der Waals surface area (Å²) in [4.78, 5) is 39.7. The van der Waals surface area contributed by atoms with Crippen LogP contribution in [0.5, 0.6) is 0 Å². The molecular weight excluding hydrogens is 744 g/mol. The van der Waals surface area contributed by atoms with Crippen LogP contribution in [0.15, 0.2) is 45.8 Å². The van der Waals surface area contributed by atoms with Crippen LogP contribution in [0.2, 0.25) is 4.34 Å². The molecule has 2 saturated heterocycles. The smallest absolute Gasteiger partial charge is 0.475 e. The van der Waals surface area contributed by atoms with Gasteiger partial charge in [-0.3, -0.25) is 14.5 Å². The van der Waals surface area contributed by atoms with E-state index in [0.717, 1.165) is 0 Å². The van der Waals surface area contributed by atoms with E-state index in [4.69, 9.17) is 26.0 Å². The van der Waals surface area contributed by atoms with E-state index in [1.165, 1.54) is 33.3 Å². The Morgan fingerprint density at radius 3 is 2.28 bits per heavy atom. The first kappa shape index (κ1) is 39.1. The Bertz CT molecular complexity index is 1810. The average Bonchev–Trinajstić information content (AvgIpc) is 3.77. The van der Waals surface area contributed by atoms with Crippen LogP contribution in [-0.2, 0) is 30.8 Å². The zero-order valence-electron chi connectivity index (χ0n) is 26.1. The lowest BCUT2D eigenvalue weighted by atomic mass is 10.1. The van der Waals surface area contributed by atoms with E-state index in [1.54, 1.807) is 36.1 Å². The minimum Gasteiger partial charge on any atom is -0.475 e. The van der Waals surface area contributed by atoms with Gasteiger partial charge in [0.05, 0.1) is 26.3 Å². The van der Waals surface area contributed by atoms with Crippen molar-refractivity contribution in [3.8, 4) is 10.6 Å². The van der Waals surface area contributed by atoms with Crippen LogP contribution in [0.1, 0.15) is 24.1 Å². The number of carboxylic acids is 1. The molecule has 3 aromatic rings. The Hall–Kier alpha value is -3.72. The number of benzene rings is 1. The maximum atomic E-state index is 13.8. The van der Waals surface area contributed by atoms with Gasteiger partial charge in [0.1, 0.15) is 6.04 Å². The number of carboxylic acid groups (broad SMARTS) is 1. The highest BCUT2D eigenvalue weighted by Crippen LogP contribution is 2.32. The van der Waals surface area contributed by atoms with Crippen molar-refractivity contribution < 1.29 is 58.8 Å². The van der Waals surface area contributed by atoms with Gasteiger partial charge in [-0.2, -0.15) is 31.1 Å². The van der Waals surface area contributed by atoms with Gasteiger partial charge in [-0.15, -0.1) is 11.3 Å². The maximum absolute atomic E-state index is 13.8. The molecule has 1 atom stereocenters. The fraction of sp³-hybridized carbons (Fsp3) is 0.448. The van der Waals surface area contributed by atoms with Crippen molar-refractivity contribution in [3.63, 3.8) is 0 Å². The van der Waals surface area contributed by atoms with E-state index in [9.17, 15) is 44.3 Å². The van der Waals surface area contributed by atoms with Crippen LogP contribution in [-0.4, -0.2) is 104 Å². The molecule has 12 nitrogen and oxygen atoms in total. The Balaban J connectivity index is 0.000000727. The predicted octanol–water partition coefficient (Wildman–Crippen LogP) is 4.72. The Labute approximate surface area is 290 Å². The molecule has 50 heavy (non-hydrogen) atoms. The van der Waals surface area contributed by atoms with Crippen molar-refractivity contribution in [1.82, 2.24) is 19.7 Å². The number of nitrogens with zero attached hydrogens (tertiary/aromatic N) is 4. The maximum Gasteiger partial charge on any atom is 0.490 e. The summed E-state index contributed by atoms with van der Waals surface area (Å²) in [5, 5.41) is 11.1. The first-order valence-electron chi connectivity index (χ1n) is 14.8. The third kappa shape index (κ3) is 10.2. The van der Waals surface area contributed by atoms with Gasteiger partial charge < -0.3 is 19.4 Å². The quantitative estimate of drug-likeness (QED) is 0.294. The number of aliphatic carboxylic acids is 1. The zero-order valence-corrected chi connectivity index (χ0v) is 28.4. The number of hydrogen-bond donors (Lipinski definition) is 2. The molecule has 2 aromatic heterocycles. The number of sulfonamides is 1. The summed E-state index contributed by atoms with van der Waals surface area (Å²) < 4.78 is 106. The number of amides is 2. The summed E-state index contributed by atoms with van der Waals surface area (Å²) in [5.41, 5.74) is 1.13. The summed E-state index contributed by atoms with van der Waals surface area (Å²) in [6.45, 7) is 0.956. The minimum absolute atomic E-state index is 0.00349. The molecule has 0 bridgehead atoms. The highest BCUT2D eigenvalue weighted by molar-refractivity contribution is 7.89. The van der Waals surface area contributed by atoms with Gasteiger partial charge in [0.15, 0.2) is 5.76 Å². The topological polar surface area (TPSA) is 153 Å². The fourth-order valence-corrected chi connectivity index (χ4v) is 7.74. The van der Waals surface area contributed by atoms with Gasteiger partial charge in [0.25, 0.3) is 0 Å². The summed E-state index contributed by atoms with van der Waals surface area (Å²) in [6.07, 6.45) is -8.59. The number of thiophene rings is 1. The van der Waals surface area contributed by atoms with E-state index in [1.807, 2.05) is 0 Å². The fourth-order valence-electron chi connectivity index (χ4n) is 5.30. The van der Waals surface area contributed by atoms with E-state index in [2.05, 4.69) is 9.88 Å². The Kier molecular flexibility index (Phi) is 12.2. The molecule has 1 unspecified atom stereocenters. The van der Waals surface area contributed by atoms with Gasteiger partial charge in [-0.1, -0.05) is 22.8 Å². The number of carbonyl (C=O) groups excluding carboxylic acids is 2. The molecule has 0 aliphatic carbocycles. The Morgan fingerprint density at radius 1 is 1.08 bits per heavy atom. The molecule has 2 N–H and O–H groups in total. The molecule has 2 aliphatic heterocycles. The molecule has 4 heterocycles. The molecular formula is C29H30ClF6N5O7S2. The number of halogens is 7. The van der Waals surface area contributed by atoms with Crippen molar-refractivity contribution in [1.29, 1.82) is 0 Å². The summed E-state index contributed by atoms with van der Waals surface area (Å²) in [5.74, 6) is -3.06. The van der Waals surface area contributed by atoms with Crippen molar-refractivity contribution in [2.75, 3.05) is 44.2 Å². The van der Waals surface area contributed by atoms with Crippen molar-refractivity contribution >= 4 is 56.4 Å². The molecule has 5 rings (SSSR count). The predicted molar refractivity (Wildman–Crippen MR) is 168 cm³/mol. The van der Waals surface area contributed by atoms with Gasteiger partial charge in [-0.05, 0) is 43.2 Å². The molecule has 2 fully saturated rings. The number of aromatic nitrogens is 1. The van der Waals surface area contributed by atoms with Crippen LogP contribution in [0.3, 0.4) is 0 Å². The lowest BCUT2D eigenvalue weighted by Crippen LogP contribution is -2.56. The second-order valence-corrected chi connectivity index (χ2v) is 14.6. The first-order chi connectivity index (χ1) is 23.2. The van der Waals surface area contributed by atoms with E-state index >= 15 is 0 Å². The summed E-state index contributed by atoms with van der Waals surface area (Å²) in [7, 11) is -4.31. The number of hydrogen-bond acceptors (Lipinski definition) is 9. The van der Waals surface area contributed by atoms with Crippen molar-refractivity contribution in [2.24, 2.45) is 0 Å². The lowest BCUT2D eigenvalue weighted by molar-refractivity contribution is -0.192.